The Bertz CT molecular complexity index is 524. The maximum absolute atomic E-state index is 13.3. The molecule has 0 bridgehead atoms. The molecule has 1 atom stereocenters. The Morgan fingerprint density at radius 3 is 2.71 bits per heavy atom. The van der Waals surface area contributed by atoms with E-state index in [9.17, 15) is 4.39 Å². The third-order valence-corrected chi connectivity index (χ3v) is 4.01. The number of rotatable bonds is 3. The highest BCUT2D eigenvalue weighted by Crippen LogP contribution is 2.25. The van der Waals surface area contributed by atoms with E-state index in [1.807, 2.05) is 25.1 Å². The molecular weight excluding hydrogens is 257 g/mol. The second kappa shape index (κ2) is 5.17. The predicted octanol–water partition coefficient (Wildman–Crippen LogP) is 4.09. The lowest BCUT2D eigenvalue weighted by molar-refractivity contribution is 0.623. The average Bonchev–Trinajstić information content (AvgIpc) is 2.70. The number of benzene rings is 1. The average molecular weight is 270 g/mol. The Kier molecular flexibility index (Phi) is 3.82. The van der Waals surface area contributed by atoms with Gasteiger partial charge >= 0.3 is 0 Å². The van der Waals surface area contributed by atoms with Gasteiger partial charge in [0.05, 0.1) is 5.02 Å². The number of hydrogen-bond acceptors (Lipinski definition) is 2. The zero-order valence-electron chi connectivity index (χ0n) is 9.41. The van der Waals surface area contributed by atoms with Crippen LogP contribution < -0.4 is 5.73 Å². The van der Waals surface area contributed by atoms with E-state index in [1.54, 1.807) is 17.4 Å². The second-order valence-corrected chi connectivity index (χ2v) is 5.73. The first-order valence-corrected chi connectivity index (χ1v) is 6.51. The summed E-state index contributed by atoms with van der Waals surface area (Å²) in [4.78, 5) is 2.36. The van der Waals surface area contributed by atoms with E-state index in [4.69, 9.17) is 17.3 Å². The minimum Gasteiger partial charge on any atom is -0.323 e. The molecule has 2 aromatic rings. The summed E-state index contributed by atoms with van der Waals surface area (Å²) in [6, 6.07) is 8.81. The van der Waals surface area contributed by atoms with E-state index in [1.165, 1.54) is 10.9 Å². The summed E-state index contributed by atoms with van der Waals surface area (Å²) in [5, 5.41) is 0.147. The zero-order chi connectivity index (χ0) is 12.4. The zero-order valence-corrected chi connectivity index (χ0v) is 11.0. The van der Waals surface area contributed by atoms with E-state index in [-0.39, 0.29) is 11.1 Å². The lowest BCUT2D eigenvalue weighted by Crippen LogP contribution is -2.11. The fourth-order valence-electron chi connectivity index (χ4n) is 1.67. The first-order chi connectivity index (χ1) is 8.06. The first-order valence-electron chi connectivity index (χ1n) is 5.32. The van der Waals surface area contributed by atoms with Gasteiger partial charge in [0.25, 0.3) is 0 Å². The van der Waals surface area contributed by atoms with Crippen LogP contribution in [-0.2, 0) is 6.42 Å². The van der Waals surface area contributed by atoms with Crippen LogP contribution in [0.3, 0.4) is 0 Å². The molecule has 17 heavy (non-hydrogen) atoms. The van der Waals surface area contributed by atoms with Gasteiger partial charge in [0, 0.05) is 15.8 Å². The Labute approximate surface area is 109 Å². The van der Waals surface area contributed by atoms with Crippen molar-refractivity contribution in [1.82, 2.24) is 0 Å². The molecule has 90 valence electrons. The third kappa shape index (κ3) is 3.06. The molecule has 0 aliphatic carbocycles. The Balaban J connectivity index is 2.12. The lowest BCUT2D eigenvalue weighted by atomic mass is 10.1. The molecule has 1 aromatic heterocycles. The van der Waals surface area contributed by atoms with Crippen LogP contribution in [0.4, 0.5) is 4.39 Å². The van der Waals surface area contributed by atoms with E-state index in [0.29, 0.717) is 6.42 Å². The molecule has 0 spiro atoms. The molecule has 0 saturated heterocycles. The van der Waals surface area contributed by atoms with Gasteiger partial charge in [0.2, 0.25) is 0 Å². The molecule has 0 amide bonds. The lowest BCUT2D eigenvalue weighted by Gasteiger charge is -2.09. The smallest absolute Gasteiger partial charge is 0.142 e. The van der Waals surface area contributed by atoms with E-state index < -0.39 is 5.82 Å². The van der Waals surface area contributed by atoms with Crippen LogP contribution >= 0.6 is 22.9 Å². The van der Waals surface area contributed by atoms with Crippen molar-refractivity contribution >= 4 is 22.9 Å². The van der Waals surface area contributed by atoms with Crippen molar-refractivity contribution in [2.75, 3.05) is 0 Å². The number of thiophene rings is 1. The molecule has 2 rings (SSSR count). The maximum Gasteiger partial charge on any atom is 0.142 e. The van der Waals surface area contributed by atoms with Gasteiger partial charge in [-0.1, -0.05) is 17.7 Å². The first kappa shape index (κ1) is 12.6. The number of aryl methyl sites for hydroxylation is 1. The fraction of sp³-hybridized carbons (Fsp3) is 0.231. The summed E-state index contributed by atoms with van der Waals surface area (Å²) in [5.41, 5.74) is 6.95. The monoisotopic (exact) mass is 269 g/mol. The van der Waals surface area contributed by atoms with Crippen molar-refractivity contribution in [3.8, 4) is 0 Å². The van der Waals surface area contributed by atoms with Gasteiger partial charge in [-0.15, -0.1) is 11.3 Å². The fourth-order valence-corrected chi connectivity index (χ4v) is 2.67. The van der Waals surface area contributed by atoms with Crippen molar-refractivity contribution in [1.29, 1.82) is 0 Å². The van der Waals surface area contributed by atoms with Crippen molar-refractivity contribution < 1.29 is 4.39 Å². The Morgan fingerprint density at radius 1 is 1.35 bits per heavy atom. The van der Waals surface area contributed by atoms with Crippen LogP contribution in [0.15, 0.2) is 30.3 Å². The molecule has 4 heteroatoms. The Morgan fingerprint density at radius 2 is 2.12 bits per heavy atom. The van der Waals surface area contributed by atoms with Crippen molar-refractivity contribution in [2.45, 2.75) is 19.4 Å². The van der Waals surface area contributed by atoms with Crippen LogP contribution in [0.2, 0.25) is 5.02 Å². The minimum absolute atomic E-state index is 0.0886. The highest BCUT2D eigenvalue weighted by Gasteiger charge is 2.10. The molecule has 0 fully saturated rings. The molecule has 1 heterocycles. The predicted molar refractivity (Wildman–Crippen MR) is 71.1 cm³/mol. The van der Waals surface area contributed by atoms with Gasteiger partial charge in [-0.3, -0.25) is 0 Å². The minimum atomic E-state index is -0.390. The summed E-state index contributed by atoms with van der Waals surface area (Å²) in [7, 11) is 0. The standard InChI is InChI=1S/C13H13ClFNS/c1-8-2-5-13(17-8)12(16)7-9-3-4-10(14)11(15)6-9/h2-6,12H,7,16H2,1H3. The summed E-state index contributed by atoms with van der Waals surface area (Å²) >= 11 is 7.31. The van der Waals surface area contributed by atoms with Gasteiger partial charge in [0.1, 0.15) is 5.82 Å². The summed E-state index contributed by atoms with van der Waals surface area (Å²) in [6.07, 6.45) is 0.619. The highest BCUT2D eigenvalue weighted by molar-refractivity contribution is 7.12. The van der Waals surface area contributed by atoms with Gasteiger partial charge in [-0.2, -0.15) is 0 Å². The topological polar surface area (TPSA) is 26.0 Å². The number of hydrogen-bond donors (Lipinski definition) is 1. The van der Waals surface area contributed by atoms with Crippen molar-refractivity contribution in [3.05, 3.63) is 56.5 Å². The normalized spacial score (nSPS) is 12.7. The van der Waals surface area contributed by atoms with Crippen LogP contribution in [0.5, 0.6) is 0 Å². The molecule has 0 saturated carbocycles. The largest absolute Gasteiger partial charge is 0.323 e. The summed E-state index contributed by atoms with van der Waals surface area (Å²) in [6.45, 7) is 2.04. The maximum atomic E-state index is 13.3. The van der Waals surface area contributed by atoms with Gasteiger partial charge in [-0.05, 0) is 43.2 Å². The van der Waals surface area contributed by atoms with Crippen LogP contribution in [0, 0.1) is 12.7 Å². The van der Waals surface area contributed by atoms with Crippen LogP contribution in [0.25, 0.3) is 0 Å². The molecule has 0 aliphatic heterocycles. The third-order valence-electron chi connectivity index (χ3n) is 2.57. The quantitative estimate of drug-likeness (QED) is 0.892. The highest BCUT2D eigenvalue weighted by atomic mass is 35.5. The molecule has 1 nitrogen and oxygen atoms in total. The Hall–Kier alpha value is -0.900. The van der Waals surface area contributed by atoms with Crippen LogP contribution in [-0.4, -0.2) is 0 Å². The molecular formula is C13H13ClFNS. The molecule has 0 radical (unpaired) electrons. The van der Waals surface area contributed by atoms with Gasteiger partial charge in [-0.25, -0.2) is 4.39 Å². The number of nitrogens with two attached hydrogens (primary N) is 1. The summed E-state index contributed by atoms with van der Waals surface area (Å²) in [5.74, 6) is -0.390. The van der Waals surface area contributed by atoms with Gasteiger partial charge < -0.3 is 5.73 Å². The van der Waals surface area contributed by atoms with E-state index >= 15 is 0 Å². The van der Waals surface area contributed by atoms with E-state index in [0.717, 1.165) is 10.4 Å². The number of halogens is 2. The molecule has 2 N–H and O–H groups in total. The van der Waals surface area contributed by atoms with Gasteiger partial charge in [0.15, 0.2) is 0 Å². The molecule has 0 aliphatic rings. The second-order valence-electron chi connectivity index (χ2n) is 4.01. The SMILES string of the molecule is Cc1ccc(C(N)Cc2ccc(Cl)c(F)c2)s1. The van der Waals surface area contributed by atoms with Crippen molar-refractivity contribution in [2.24, 2.45) is 5.73 Å². The molecule has 1 aromatic carbocycles. The van der Waals surface area contributed by atoms with Crippen LogP contribution in [0.1, 0.15) is 21.4 Å². The van der Waals surface area contributed by atoms with E-state index in [2.05, 4.69) is 0 Å². The molecule has 1 unspecified atom stereocenters. The summed E-state index contributed by atoms with van der Waals surface area (Å²) < 4.78 is 13.3. The van der Waals surface area contributed by atoms with Crippen molar-refractivity contribution in [3.63, 3.8) is 0 Å².